The fourth-order valence-electron chi connectivity index (χ4n) is 3.19. The first-order chi connectivity index (χ1) is 17.9. The number of benzene rings is 3. The normalized spacial score (nSPS) is 10.5. The summed E-state index contributed by atoms with van der Waals surface area (Å²) in [6.45, 7) is 3.95. The fourth-order valence-corrected chi connectivity index (χ4v) is 3.19. The maximum Gasteiger partial charge on any atom is 0.329 e. The molecule has 0 atom stereocenters. The van der Waals surface area contributed by atoms with Gasteiger partial charge in [-0.2, -0.15) is 5.10 Å². The Balaban J connectivity index is 1.60. The standard InChI is InChI=1S/C27H28N4O6/c1-4-36-21-14-12-20(13-15-21)29-24(32)17-37-25-19(9-7-11-23(25)35-3)16-28-31-27(34)26(33)30-22-10-6-5-8-18(22)2/h5-16H,4,17H2,1-3H3,(H,29,32)(H,30,33)(H,31,34)/b28-16-. The van der Waals surface area contributed by atoms with Gasteiger partial charge in [0, 0.05) is 16.9 Å². The van der Waals surface area contributed by atoms with Crippen molar-refractivity contribution in [3.63, 3.8) is 0 Å². The number of hydrogen-bond donors (Lipinski definition) is 3. The van der Waals surface area contributed by atoms with Crippen molar-refractivity contribution in [1.82, 2.24) is 5.43 Å². The Hall–Kier alpha value is -4.86. The predicted molar refractivity (Wildman–Crippen MR) is 140 cm³/mol. The number of rotatable bonds is 10. The third-order valence-electron chi connectivity index (χ3n) is 5.00. The van der Waals surface area contributed by atoms with Gasteiger partial charge in [-0.05, 0) is 61.9 Å². The highest BCUT2D eigenvalue weighted by atomic mass is 16.5. The predicted octanol–water partition coefficient (Wildman–Crippen LogP) is 3.51. The number of ether oxygens (including phenoxy) is 3. The van der Waals surface area contributed by atoms with Gasteiger partial charge in [0.1, 0.15) is 5.75 Å². The Morgan fingerprint density at radius 3 is 2.35 bits per heavy atom. The molecule has 3 amide bonds. The minimum atomic E-state index is -0.945. The molecule has 0 aliphatic carbocycles. The Bertz CT molecular complexity index is 1270. The molecule has 0 heterocycles. The minimum absolute atomic E-state index is 0.245. The summed E-state index contributed by atoms with van der Waals surface area (Å²) in [5, 5.41) is 9.11. The lowest BCUT2D eigenvalue weighted by molar-refractivity contribution is -0.136. The largest absolute Gasteiger partial charge is 0.494 e. The number of amides is 3. The van der Waals surface area contributed by atoms with Crippen molar-refractivity contribution in [2.45, 2.75) is 13.8 Å². The number of para-hydroxylation sites is 2. The van der Waals surface area contributed by atoms with Gasteiger partial charge in [0.2, 0.25) is 0 Å². The molecule has 10 heteroatoms. The maximum absolute atomic E-state index is 12.4. The van der Waals surface area contributed by atoms with Crippen LogP contribution in [0.2, 0.25) is 0 Å². The highest BCUT2D eigenvalue weighted by Gasteiger charge is 2.15. The van der Waals surface area contributed by atoms with E-state index in [-0.39, 0.29) is 18.3 Å². The van der Waals surface area contributed by atoms with Crippen LogP contribution in [-0.4, -0.2) is 44.3 Å². The monoisotopic (exact) mass is 504 g/mol. The minimum Gasteiger partial charge on any atom is -0.494 e. The first kappa shape index (κ1) is 26.7. The molecule has 0 spiro atoms. The van der Waals surface area contributed by atoms with Gasteiger partial charge < -0.3 is 24.8 Å². The third kappa shape index (κ3) is 7.82. The lowest BCUT2D eigenvalue weighted by atomic mass is 10.2. The molecule has 0 saturated carbocycles. The van der Waals surface area contributed by atoms with Crippen molar-refractivity contribution >= 4 is 35.3 Å². The molecule has 0 aromatic heterocycles. The molecule has 3 aromatic rings. The molecule has 37 heavy (non-hydrogen) atoms. The Morgan fingerprint density at radius 2 is 1.65 bits per heavy atom. The number of carbonyl (C=O) groups excluding carboxylic acids is 3. The molecule has 10 nitrogen and oxygen atoms in total. The van der Waals surface area contributed by atoms with Crippen molar-refractivity contribution in [3.05, 3.63) is 77.9 Å². The van der Waals surface area contributed by atoms with E-state index < -0.39 is 11.8 Å². The van der Waals surface area contributed by atoms with Gasteiger partial charge in [-0.25, -0.2) is 5.43 Å². The molecule has 0 aliphatic rings. The summed E-state index contributed by atoms with van der Waals surface area (Å²) < 4.78 is 16.4. The van der Waals surface area contributed by atoms with Crippen LogP contribution in [0.5, 0.6) is 17.2 Å². The number of methoxy groups -OCH3 is 1. The summed E-state index contributed by atoms with van der Waals surface area (Å²) in [4.78, 5) is 36.7. The average Bonchev–Trinajstić information content (AvgIpc) is 2.90. The van der Waals surface area contributed by atoms with Gasteiger partial charge in [0.15, 0.2) is 18.1 Å². The van der Waals surface area contributed by atoms with Gasteiger partial charge in [0.05, 0.1) is 19.9 Å². The van der Waals surface area contributed by atoms with E-state index in [2.05, 4.69) is 21.2 Å². The van der Waals surface area contributed by atoms with E-state index in [0.717, 1.165) is 5.56 Å². The second kappa shape index (κ2) is 13.3. The van der Waals surface area contributed by atoms with Crippen molar-refractivity contribution in [2.75, 3.05) is 31.0 Å². The van der Waals surface area contributed by atoms with Crippen LogP contribution in [-0.2, 0) is 14.4 Å². The molecule has 0 aliphatic heterocycles. The quantitative estimate of drug-likeness (QED) is 0.220. The molecular weight excluding hydrogens is 476 g/mol. The van der Waals surface area contributed by atoms with Crippen molar-refractivity contribution in [2.24, 2.45) is 5.10 Å². The van der Waals surface area contributed by atoms with Crippen LogP contribution in [0, 0.1) is 6.92 Å². The number of hydrogen-bond acceptors (Lipinski definition) is 7. The topological polar surface area (TPSA) is 127 Å². The van der Waals surface area contributed by atoms with Gasteiger partial charge >= 0.3 is 11.8 Å². The van der Waals surface area contributed by atoms with E-state index in [1.54, 1.807) is 54.6 Å². The molecule has 3 rings (SSSR count). The van der Waals surface area contributed by atoms with E-state index in [1.807, 2.05) is 26.0 Å². The van der Waals surface area contributed by atoms with E-state index >= 15 is 0 Å². The summed E-state index contributed by atoms with van der Waals surface area (Å²) in [7, 11) is 1.46. The van der Waals surface area contributed by atoms with Crippen LogP contribution in [0.15, 0.2) is 71.8 Å². The zero-order valence-corrected chi connectivity index (χ0v) is 20.7. The zero-order chi connectivity index (χ0) is 26.6. The molecule has 192 valence electrons. The van der Waals surface area contributed by atoms with Gasteiger partial charge in [-0.1, -0.05) is 24.3 Å². The molecule has 0 bridgehead atoms. The van der Waals surface area contributed by atoms with Crippen LogP contribution in [0.3, 0.4) is 0 Å². The van der Waals surface area contributed by atoms with Crippen LogP contribution >= 0.6 is 0 Å². The summed E-state index contributed by atoms with van der Waals surface area (Å²) in [6.07, 6.45) is 1.29. The van der Waals surface area contributed by atoms with Crippen molar-refractivity contribution in [3.8, 4) is 17.2 Å². The second-order valence-electron chi connectivity index (χ2n) is 7.64. The van der Waals surface area contributed by atoms with E-state index in [1.165, 1.54) is 13.3 Å². The number of anilines is 2. The number of nitrogens with one attached hydrogen (secondary N) is 3. The molecule has 0 fully saturated rings. The lowest BCUT2D eigenvalue weighted by Crippen LogP contribution is -2.32. The summed E-state index contributed by atoms with van der Waals surface area (Å²) in [6, 6.07) is 19.0. The molecule has 0 unspecified atom stereocenters. The van der Waals surface area contributed by atoms with Crippen LogP contribution in [0.1, 0.15) is 18.1 Å². The number of nitrogens with zero attached hydrogens (tertiary/aromatic N) is 1. The number of hydrazone groups is 1. The van der Waals surface area contributed by atoms with Crippen LogP contribution < -0.4 is 30.3 Å². The lowest BCUT2D eigenvalue weighted by Gasteiger charge is -2.13. The highest BCUT2D eigenvalue weighted by molar-refractivity contribution is 6.39. The third-order valence-corrected chi connectivity index (χ3v) is 5.00. The van der Waals surface area contributed by atoms with E-state index in [4.69, 9.17) is 14.2 Å². The fraction of sp³-hybridized carbons (Fsp3) is 0.185. The zero-order valence-electron chi connectivity index (χ0n) is 20.7. The maximum atomic E-state index is 12.4. The van der Waals surface area contributed by atoms with E-state index in [0.29, 0.717) is 35.0 Å². The Labute approximate surface area is 214 Å². The Kier molecular flexibility index (Phi) is 9.60. The van der Waals surface area contributed by atoms with Crippen LogP contribution in [0.4, 0.5) is 11.4 Å². The first-order valence-electron chi connectivity index (χ1n) is 11.4. The SMILES string of the molecule is CCOc1ccc(NC(=O)COc2c(/C=N\NC(=O)C(=O)Nc3ccccc3C)cccc2OC)cc1. The molecule has 3 aromatic carbocycles. The van der Waals surface area contributed by atoms with E-state index in [9.17, 15) is 14.4 Å². The number of aryl methyl sites for hydroxylation is 1. The first-order valence-corrected chi connectivity index (χ1v) is 11.4. The smallest absolute Gasteiger partial charge is 0.329 e. The van der Waals surface area contributed by atoms with Crippen LogP contribution in [0.25, 0.3) is 0 Å². The average molecular weight is 505 g/mol. The number of carbonyl (C=O) groups is 3. The molecule has 3 N–H and O–H groups in total. The second-order valence-corrected chi connectivity index (χ2v) is 7.64. The van der Waals surface area contributed by atoms with Gasteiger partial charge in [-0.15, -0.1) is 0 Å². The summed E-state index contributed by atoms with van der Waals surface area (Å²) >= 11 is 0. The van der Waals surface area contributed by atoms with Crippen molar-refractivity contribution in [1.29, 1.82) is 0 Å². The highest BCUT2D eigenvalue weighted by Crippen LogP contribution is 2.30. The summed E-state index contributed by atoms with van der Waals surface area (Å²) in [5.74, 6) is -0.886. The molecule has 0 radical (unpaired) electrons. The Morgan fingerprint density at radius 1 is 0.892 bits per heavy atom. The van der Waals surface area contributed by atoms with Crippen molar-refractivity contribution < 1.29 is 28.6 Å². The van der Waals surface area contributed by atoms with Gasteiger partial charge in [0.25, 0.3) is 5.91 Å². The summed E-state index contributed by atoms with van der Waals surface area (Å²) in [5.41, 5.74) is 4.53. The molecular formula is C27H28N4O6. The van der Waals surface area contributed by atoms with Gasteiger partial charge in [-0.3, -0.25) is 14.4 Å². The molecule has 0 saturated heterocycles.